The fourth-order valence-electron chi connectivity index (χ4n) is 2.78. The van der Waals surface area contributed by atoms with Gasteiger partial charge in [-0.15, -0.1) is 0 Å². The Bertz CT molecular complexity index is 675. The number of amides is 1. The molecule has 1 aromatic carbocycles. The van der Waals surface area contributed by atoms with Crippen molar-refractivity contribution in [3.8, 4) is 5.75 Å². The molecule has 0 aliphatic carbocycles. The molecule has 21 heavy (non-hydrogen) atoms. The van der Waals surface area contributed by atoms with Crippen LogP contribution in [0, 0.1) is 0 Å². The third kappa shape index (κ3) is 2.85. The number of carbonyl (C=O) groups excluding carboxylic acids is 1. The lowest BCUT2D eigenvalue weighted by molar-refractivity contribution is 0.0735. The summed E-state index contributed by atoms with van der Waals surface area (Å²) in [6, 6.07) is 9.09. The molecule has 0 bridgehead atoms. The number of hydrogen-bond acceptors (Lipinski definition) is 3. The number of halogens is 1. The van der Waals surface area contributed by atoms with Gasteiger partial charge in [-0.25, -0.2) is 0 Å². The van der Waals surface area contributed by atoms with Crippen LogP contribution in [0.3, 0.4) is 0 Å². The van der Waals surface area contributed by atoms with Crippen molar-refractivity contribution in [2.45, 2.75) is 18.9 Å². The minimum Gasteiger partial charge on any atom is -0.506 e. The smallest absolute Gasteiger partial charge is 0.256 e. The van der Waals surface area contributed by atoms with Gasteiger partial charge in [-0.3, -0.25) is 9.78 Å². The van der Waals surface area contributed by atoms with Crippen LogP contribution in [0.2, 0.25) is 5.02 Å². The molecule has 1 aliphatic heterocycles. The van der Waals surface area contributed by atoms with Gasteiger partial charge in [0.1, 0.15) is 5.75 Å². The molecule has 5 heteroatoms. The summed E-state index contributed by atoms with van der Waals surface area (Å²) in [5.41, 5.74) is 1.45. The van der Waals surface area contributed by atoms with Gasteiger partial charge < -0.3 is 10.0 Å². The SMILES string of the molecule is O=C(c1cncc(O)c1)N1CCCC1c1cccc(Cl)c1. The van der Waals surface area contributed by atoms with Gasteiger partial charge >= 0.3 is 0 Å². The first-order chi connectivity index (χ1) is 10.1. The second kappa shape index (κ2) is 5.74. The molecule has 1 atom stereocenters. The average Bonchev–Trinajstić information content (AvgIpc) is 2.96. The fraction of sp³-hybridized carbons (Fsp3) is 0.250. The van der Waals surface area contributed by atoms with Crippen molar-refractivity contribution < 1.29 is 9.90 Å². The number of rotatable bonds is 2. The maximum Gasteiger partial charge on any atom is 0.256 e. The van der Waals surface area contributed by atoms with Crippen LogP contribution in [0.5, 0.6) is 5.75 Å². The van der Waals surface area contributed by atoms with E-state index in [9.17, 15) is 9.90 Å². The Morgan fingerprint density at radius 1 is 1.33 bits per heavy atom. The summed E-state index contributed by atoms with van der Waals surface area (Å²) in [5.74, 6) is -0.111. The molecule has 1 unspecified atom stereocenters. The van der Waals surface area contributed by atoms with E-state index in [0.29, 0.717) is 17.1 Å². The lowest BCUT2D eigenvalue weighted by Crippen LogP contribution is -2.30. The Labute approximate surface area is 128 Å². The molecule has 1 amide bonds. The molecule has 1 aromatic heterocycles. The fourth-order valence-corrected chi connectivity index (χ4v) is 2.98. The summed E-state index contributed by atoms with van der Waals surface area (Å²) >= 11 is 6.04. The van der Waals surface area contributed by atoms with Crippen LogP contribution in [0.15, 0.2) is 42.7 Å². The zero-order valence-electron chi connectivity index (χ0n) is 11.4. The van der Waals surface area contributed by atoms with Gasteiger partial charge in [-0.2, -0.15) is 0 Å². The first-order valence-corrected chi connectivity index (χ1v) is 7.23. The van der Waals surface area contributed by atoms with Crippen LogP contribution in [0.1, 0.15) is 34.8 Å². The molecule has 0 spiro atoms. The quantitative estimate of drug-likeness (QED) is 0.925. The Morgan fingerprint density at radius 2 is 2.19 bits per heavy atom. The van der Waals surface area contributed by atoms with Gasteiger partial charge in [0.2, 0.25) is 0 Å². The van der Waals surface area contributed by atoms with Crippen molar-refractivity contribution in [1.29, 1.82) is 0 Å². The lowest BCUT2D eigenvalue weighted by Gasteiger charge is -2.25. The van der Waals surface area contributed by atoms with Crippen LogP contribution >= 0.6 is 11.6 Å². The second-order valence-electron chi connectivity index (χ2n) is 5.14. The number of nitrogens with zero attached hydrogens (tertiary/aromatic N) is 2. The average molecular weight is 303 g/mol. The third-order valence-corrected chi connectivity index (χ3v) is 3.95. The highest BCUT2D eigenvalue weighted by Crippen LogP contribution is 2.34. The Balaban J connectivity index is 1.89. The highest BCUT2D eigenvalue weighted by molar-refractivity contribution is 6.30. The van der Waals surface area contributed by atoms with Crippen molar-refractivity contribution in [2.75, 3.05) is 6.54 Å². The Hall–Kier alpha value is -2.07. The van der Waals surface area contributed by atoms with Crippen molar-refractivity contribution in [1.82, 2.24) is 9.88 Å². The van der Waals surface area contributed by atoms with Crippen LogP contribution in [0.4, 0.5) is 0 Å². The molecular weight excluding hydrogens is 288 g/mol. The minimum atomic E-state index is -0.110. The van der Waals surface area contributed by atoms with E-state index in [1.807, 2.05) is 29.2 Å². The Morgan fingerprint density at radius 3 is 2.95 bits per heavy atom. The van der Waals surface area contributed by atoms with E-state index in [4.69, 9.17) is 11.6 Å². The van der Waals surface area contributed by atoms with Gasteiger partial charge in [0.05, 0.1) is 17.8 Å². The van der Waals surface area contributed by atoms with Gasteiger partial charge in [0.25, 0.3) is 5.91 Å². The summed E-state index contributed by atoms with van der Waals surface area (Å²) in [5, 5.41) is 10.1. The van der Waals surface area contributed by atoms with Crippen LogP contribution in [-0.4, -0.2) is 27.4 Å². The van der Waals surface area contributed by atoms with Crippen molar-refractivity contribution in [3.63, 3.8) is 0 Å². The highest BCUT2D eigenvalue weighted by atomic mass is 35.5. The molecule has 1 saturated heterocycles. The molecular formula is C16H15ClN2O2. The number of hydrogen-bond donors (Lipinski definition) is 1. The van der Waals surface area contributed by atoms with E-state index in [1.54, 1.807) is 0 Å². The van der Waals surface area contributed by atoms with E-state index in [-0.39, 0.29) is 17.7 Å². The summed E-state index contributed by atoms with van der Waals surface area (Å²) in [4.78, 5) is 18.3. The minimum absolute atomic E-state index is 0.000600. The van der Waals surface area contributed by atoms with Crippen molar-refractivity contribution >= 4 is 17.5 Å². The largest absolute Gasteiger partial charge is 0.506 e. The van der Waals surface area contributed by atoms with E-state index in [1.165, 1.54) is 18.5 Å². The first-order valence-electron chi connectivity index (χ1n) is 6.85. The monoisotopic (exact) mass is 302 g/mol. The summed E-state index contributed by atoms with van der Waals surface area (Å²) < 4.78 is 0. The first kappa shape index (κ1) is 13.9. The highest BCUT2D eigenvalue weighted by Gasteiger charge is 2.30. The van der Waals surface area contributed by atoms with E-state index in [2.05, 4.69) is 4.98 Å². The lowest BCUT2D eigenvalue weighted by atomic mass is 10.0. The second-order valence-corrected chi connectivity index (χ2v) is 5.58. The molecule has 108 valence electrons. The number of carbonyl (C=O) groups is 1. The number of aromatic hydroxyl groups is 1. The maximum atomic E-state index is 12.6. The van der Waals surface area contributed by atoms with Crippen LogP contribution < -0.4 is 0 Å². The molecule has 1 fully saturated rings. The summed E-state index contributed by atoms with van der Waals surface area (Å²) in [7, 11) is 0. The molecule has 0 radical (unpaired) electrons. The van der Waals surface area contributed by atoms with Gasteiger partial charge in [-0.05, 0) is 36.6 Å². The standard InChI is InChI=1S/C16H15ClN2O2/c17-13-4-1-3-11(7-13)15-5-2-6-19(15)16(21)12-8-14(20)10-18-9-12/h1,3-4,7-10,15,20H,2,5-6H2. The predicted molar refractivity (Wildman–Crippen MR) is 80.4 cm³/mol. The predicted octanol–water partition coefficient (Wildman–Crippen LogP) is 3.42. The molecule has 1 aliphatic rings. The molecule has 2 heterocycles. The van der Waals surface area contributed by atoms with E-state index >= 15 is 0 Å². The van der Waals surface area contributed by atoms with Gasteiger partial charge in [0, 0.05) is 17.8 Å². The number of benzene rings is 1. The number of aromatic nitrogens is 1. The number of likely N-dealkylation sites (tertiary alicyclic amines) is 1. The summed E-state index contributed by atoms with van der Waals surface area (Å²) in [6.07, 6.45) is 4.66. The normalized spacial score (nSPS) is 18.0. The Kier molecular flexibility index (Phi) is 3.80. The third-order valence-electron chi connectivity index (χ3n) is 3.72. The summed E-state index contributed by atoms with van der Waals surface area (Å²) in [6.45, 7) is 0.700. The van der Waals surface area contributed by atoms with Crippen LogP contribution in [-0.2, 0) is 0 Å². The molecule has 3 rings (SSSR count). The van der Waals surface area contributed by atoms with E-state index < -0.39 is 0 Å². The maximum absolute atomic E-state index is 12.6. The molecule has 4 nitrogen and oxygen atoms in total. The molecule has 1 N–H and O–H groups in total. The van der Waals surface area contributed by atoms with Gasteiger partial charge in [-0.1, -0.05) is 23.7 Å². The molecule has 2 aromatic rings. The zero-order chi connectivity index (χ0) is 14.8. The topological polar surface area (TPSA) is 53.4 Å². The number of pyridine rings is 1. The van der Waals surface area contributed by atoms with E-state index in [0.717, 1.165) is 18.4 Å². The van der Waals surface area contributed by atoms with Crippen molar-refractivity contribution in [3.05, 3.63) is 58.9 Å². The molecule has 0 saturated carbocycles. The van der Waals surface area contributed by atoms with Crippen molar-refractivity contribution in [2.24, 2.45) is 0 Å². The zero-order valence-corrected chi connectivity index (χ0v) is 12.1. The van der Waals surface area contributed by atoms with Gasteiger partial charge in [0.15, 0.2) is 0 Å². The van der Waals surface area contributed by atoms with Crippen LogP contribution in [0.25, 0.3) is 0 Å².